The van der Waals surface area contributed by atoms with Crippen molar-refractivity contribution in [3.8, 4) is 0 Å². The molecule has 0 spiro atoms. The number of unbranched alkanes of at least 4 members (excludes halogenated alkanes) is 11. The molecule has 1 aliphatic rings. The molecule has 7 heteroatoms. The van der Waals surface area contributed by atoms with Gasteiger partial charge in [0, 0.05) is 36.6 Å². The highest BCUT2D eigenvalue weighted by molar-refractivity contribution is 5.91. The molecule has 3 rings (SSSR count). The van der Waals surface area contributed by atoms with Crippen LogP contribution in [0.5, 0.6) is 0 Å². The summed E-state index contributed by atoms with van der Waals surface area (Å²) in [5.41, 5.74) is 2.25. The fourth-order valence-corrected chi connectivity index (χ4v) is 5.99. The van der Waals surface area contributed by atoms with E-state index in [0.717, 1.165) is 36.8 Å². The summed E-state index contributed by atoms with van der Waals surface area (Å²) in [6.07, 6.45) is 20.0. The number of hydrogen-bond donors (Lipinski definition) is 2. The number of nitrogens with zero attached hydrogens (tertiary/aromatic N) is 2. The van der Waals surface area contributed by atoms with Gasteiger partial charge in [-0.1, -0.05) is 95.8 Å². The van der Waals surface area contributed by atoms with Crippen molar-refractivity contribution in [1.82, 2.24) is 15.2 Å². The lowest BCUT2D eigenvalue weighted by molar-refractivity contribution is -0.886. The number of carbonyl (C=O) groups excluding carboxylic acids is 2. The van der Waals surface area contributed by atoms with Gasteiger partial charge in [-0.25, -0.2) is 0 Å². The number of carbonyl (C=O) groups is 2. The second kappa shape index (κ2) is 18.0. The van der Waals surface area contributed by atoms with Gasteiger partial charge in [0.05, 0.1) is 21.1 Å². The van der Waals surface area contributed by atoms with Crippen LogP contribution >= 0.6 is 0 Å². The average Bonchev–Trinajstić information content (AvgIpc) is 3.56. The normalized spacial score (nSPS) is 16.2. The van der Waals surface area contributed by atoms with Crippen LogP contribution in [-0.4, -0.2) is 72.5 Å². The molecule has 1 aliphatic heterocycles. The van der Waals surface area contributed by atoms with E-state index in [2.05, 4.69) is 50.5 Å². The van der Waals surface area contributed by atoms with Gasteiger partial charge < -0.3 is 43.7 Å². The zero-order valence-corrected chi connectivity index (χ0v) is 27.8. The molecule has 2 N–H and O–H groups in total. The first kappa shape index (κ1) is 34.6. The van der Waals surface area contributed by atoms with Crippen molar-refractivity contribution in [3.05, 3.63) is 36.0 Å². The average molecular weight is 667 g/mol. The van der Waals surface area contributed by atoms with Crippen LogP contribution in [-0.2, 0) is 16.0 Å². The Labute approximate surface area is 260 Å². The maximum atomic E-state index is 13.9. The Morgan fingerprint density at radius 1 is 0.950 bits per heavy atom. The molecular formula is C33H55IN4O2. The molecule has 0 aliphatic carbocycles. The van der Waals surface area contributed by atoms with E-state index in [4.69, 9.17) is 0 Å². The van der Waals surface area contributed by atoms with Crippen LogP contribution in [0.15, 0.2) is 30.5 Å². The quantitative estimate of drug-likeness (QED) is 0.145. The standard InChI is InChI=1S/C33H54N4O2.HI/c1-5-6-7-8-9-10-11-12-13-14-15-18-23-34-32(38)30-22-19-24-36(30)33(39)31(37(2,3)4)25-27-26-35-29-21-17-16-20-28(27)29;/h16-17,20-21,26,30-31,35H,5-15,18-19,22-25H2,1-4H3;1H/t30-,31-;/m0./s1. The Balaban J connectivity index is 0.00000560. The molecule has 1 aromatic heterocycles. The van der Waals surface area contributed by atoms with Gasteiger partial charge in [0.2, 0.25) is 5.91 Å². The monoisotopic (exact) mass is 666 g/mol. The summed E-state index contributed by atoms with van der Waals surface area (Å²) in [7, 11) is 6.24. The van der Waals surface area contributed by atoms with Crippen molar-refractivity contribution in [1.29, 1.82) is 0 Å². The Bertz CT molecular complexity index is 1020. The summed E-state index contributed by atoms with van der Waals surface area (Å²) in [5, 5.41) is 4.32. The summed E-state index contributed by atoms with van der Waals surface area (Å²) in [6.45, 7) is 3.65. The fourth-order valence-electron chi connectivity index (χ4n) is 5.99. The van der Waals surface area contributed by atoms with Crippen LogP contribution in [0.3, 0.4) is 0 Å². The van der Waals surface area contributed by atoms with Crippen molar-refractivity contribution in [2.75, 3.05) is 34.2 Å². The molecule has 1 saturated heterocycles. The summed E-state index contributed by atoms with van der Waals surface area (Å²) >= 11 is 0. The third-order valence-electron chi connectivity index (χ3n) is 8.48. The van der Waals surface area contributed by atoms with E-state index < -0.39 is 0 Å². The zero-order valence-electron chi connectivity index (χ0n) is 25.7. The van der Waals surface area contributed by atoms with E-state index in [0.29, 0.717) is 24.0 Å². The first-order valence-electron chi connectivity index (χ1n) is 15.8. The number of fused-ring (bicyclic) bond motifs is 1. The van der Waals surface area contributed by atoms with Crippen molar-refractivity contribution in [2.24, 2.45) is 0 Å². The van der Waals surface area contributed by atoms with Gasteiger partial charge in [-0.15, -0.1) is 0 Å². The molecule has 1 fully saturated rings. The Morgan fingerprint density at radius 2 is 1.55 bits per heavy atom. The molecule has 2 atom stereocenters. The number of quaternary nitrogens is 1. The molecule has 0 unspecified atom stereocenters. The first-order valence-corrected chi connectivity index (χ1v) is 15.8. The molecule has 0 radical (unpaired) electrons. The third-order valence-corrected chi connectivity index (χ3v) is 8.48. The Hall–Kier alpha value is -1.61. The number of nitrogens with one attached hydrogen (secondary N) is 2. The summed E-state index contributed by atoms with van der Waals surface area (Å²) in [6, 6.07) is 7.66. The van der Waals surface area contributed by atoms with Gasteiger partial charge >= 0.3 is 0 Å². The summed E-state index contributed by atoms with van der Waals surface area (Å²) < 4.78 is 0.530. The number of aromatic nitrogens is 1. The molecule has 0 bridgehead atoms. The molecule has 226 valence electrons. The van der Waals surface area contributed by atoms with Crippen molar-refractivity contribution in [3.63, 3.8) is 0 Å². The predicted octanol–water partition coefficient (Wildman–Crippen LogP) is 3.60. The number of para-hydroxylation sites is 1. The minimum Gasteiger partial charge on any atom is -1.00 e. The van der Waals surface area contributed by atoms with Crippen molar-refractivity contribution >= 4 is 22.7 Å². The highest BCUT2D eigenvalue weighted by Crippen LogP contribution is 2.25. The second-order valence-electron chi connectivity index (χ2n) is 12.6. The van der Waals surface area contributed by atoms with Gasteiger partial charge in [0.15, 0.2) is 6.04 Å². The molecule has 0 saturated carbocycles. The number of H-pyrrole nitrogens is 1. The lowest BCUT2D eigenvalue weighted by Gasteiger charge is -2.36. The van der Waals surface area contributed by atoms with Gasteiger partial charge in [0.1, 0.15) is 6.04 Å². The van der Waals surface area contributed by atoms with E-state index in [1.165, 1.54) is 69.6 Å². The maximum Gasteiger partial charge on any atom is 0.281 e. The summed E-state index contributed by atoms with van der Waals surface area (Å²) in [4.78, 5) is 32.2. The number of hydrogen-bond acceptors (Lipinski definition) is 2. The highest BCUT2D eigenvalue weighted by Gasteiger charge is 2.42. The first-order chi connectivity index (χ1) is 18.8. The van der Waals surface area contributed by atoms with Crippen molar-refractivity contribution < 1.29 is 38.0 Å². The topological polar surface area (TPSA) is 65.2 Å². The van der Waals surface area contributed by atoms with Crippen LogP contribution in [0, 0.1) is 0 Å². The Kier molecular flexibility index (Phi) is 15.6. The lowest BCUT2D eigenvalue weighted by atomic mass is 10.0. The molecule has 6 nitrogen and oxygen atoms in total. The SMILES string of the molecule is CCCCCCCCCCCCCCNC(=O)[C@@H]1CCCN1C(=O)[C@H](Cc1c[nH]c2ccccc12)[N+](C)(C)C.[I-]. The van der Waals surface area contributed by atoms with Gasteiger partial charge in [-0.05, 0) is 30.9 Å². The molecule has 1 aromatic carbocycles. The van der Waals surface area contributed by atoms with Crippen LogP contribution in [0.4, 0.5) is 0 Å². The second-order valence-corrected chi connectivity index (χ2v) is 12.6. The van der Waals surface area contributed by atoms with E-state index in [9.17, 15) is 9.59 Å². The van der Waals surface area contributed by atoms with E-state index in [1.54, 1.807) is 0 Å². The number of aromatic amines is 1. The summed E-state index contributed by atoms with van der Waals surface area (Å²) in [5.74, 6) is 0.118. The lowest BCUT2D eigenvalue weighted by Crippen LogP contribution is -3.00. The van der Waals surface area contributed by atoms with E-state index in [1.807, 2.05) is 23.2 Å². The minimum atomic E-state index is -0.341. The predicted molar refractivity (Wildman–Crippen MR) is 163 cm³/mol. The number of halogens is 1. The van der Waals surface area contributed by atoms with Gasteiger partial charge in [-0.2, -0.15) is 0 Å². The van der Waals surface area contributed by atoms with Crippen LogP contribution < -0.4 is 29.3 Å². The molecule has 2 aromatic rings. The van der Waals surface area contributed by atoms with Crippen LogP contribution in [0.2, 0.25) is 0 Å². The zero-order chi connectivity index (χ0) is 28.1. The Morgan fingerprint density at radius 3 is 2.17 bits per heavy atom. The van der Waals surface area contributed by atoms with Gasteiger partial charge in [0.25, 0.3) is 5.91 Å². The molecule has 2 amide bonds. The fraction of sp³-hybridized carbons (Fsp3) is 0.697. The number of amides is 2. The highest BCUT2D eigenvalue weighted by atomic mass is 127. The largest absolute Gasteiger partial charge is 1.00 e. The number of likely N-dealkylation sites (N-methyl/N-ethyl adjacent to an activating group) is 1. The molecule has 40 heavy (non-hydrogen) atoms. The third kappa shape index (κ3) is 10.7. The van der Waals surface area contributed by atoms with E-state index in [-0.39, 0.29) is 47.9 Å². The molecular weight excluding hydrogens is 611 g/mol. The number of likely N-dealkylation sites (tertiary alicyclic amines) is 1. The molecule has 2 heterocycles. The number of rotatable bonds is 18. The maximum absolute atomic E-state index is 13.9. The van der Waals surface area contributed by atoms with Gasteiger partial charge in [-0.3, -0.25) is 9.59 Å². The van der Waals surface area contributed by atoms with Crippen LogP contribution in [0.1, 0.15) is 102 Å². The van der Waals surface area contributed by atoms with Crippen LogP contribution in [0.25, 0.3) is 10.9 Å². The number of benzene rings is 1. The smallest absolute Gasteiger partial charge is 0.281 e. The minimum absolute atomic E-state index is 0. The van der Waals surface area contributed by atoms with Crippen molar-refractivity contribution in [2.45, 2.75) is 115 Å². The van der Waals surface area contributed by atoms with E-state index >= 15 is 0 Å².